The predicted molar refractivity (Wildman–Crippen MR) is 129 cm³/mol. The van der Waals surface area contributed by atoms with E-state index in [1.807, 2.05) is 40.9 Å². The Hall–Kier alpha value is -3.92. The molecule has 2 aromatic heterocycles. The minimum Gasteiger partial charge on any atom is -0.453 e. The Morgan fingerprint density at radius 2 is 1.71 bits per heavy atom. The van der Waals surface area contributed by atoms with E-state index in [-0.39, 0.29) is 23.9 Å². The van der Waals surface area contributed by atoms with E-state index in [2.05, 4.69) is 20.7 Å². The van der Waals surface area contributed by atoms with E-state index in [4.69, 9.17) is 4.98 Å². The van der Waals surface area contributed by atoms with E-state index >= 15 is 0 Å². The van der Waals surface area contributed by atoms with E-state index in [1.165, 1.54) is 18.4 Å². The zero-order chi connectivity index (χ0) is 23.8. The van der Waals surface area contributed by atoms with Crippen LogP contribution in [0.2, 0.25) is 0 Å². The van der Waals surface area contributed by atoms with Crippen LogP contribution in [0.3, 0.4) is 0 Å². The van der Waals surface area contributed by atoms with Crippen LogP contribution in [0.1, 0.15) is 33.6 Å². The molecule has 1 saturated carbocycles. The van der Waals surface area contributed by atoms with Crippen LogP contribution in [0.4, 0.5) is 4.79 Å². The van der Waals surface area contributed by atoms with Gasteiger partial charge >= 0.3 is 6.09 Å². The van der Waals surface area contributed by atoms with Gasteiger partial charge < -0.3 is 20.7 Å². The first-order valence-corrected chi connectivity index (χ1v) is 11.7. The third kappa shape index (κ3) is 4.08. The third-order valence-electron chi connectivity index (χ3n) is 6.01. The van der Waals surface area contributed by atoms with Crippen LogP contribution in [-0.4, -0.2) is 53.5 Å². The summed E-state index contributed by atoms with van der Waals surface area (Å²) in [6.45, 7) is 0. The molecule has 1 aliphatic rings. The van der Waals surface area contributed by atoms with Crippen molar-refractivity contribution in [3.05, 3.63) is 59.8 Å². The highest BCUT2D eigenvalue weighted by atomic mass is 32.1. The number of thiazole rings is 1. The molecule has 2 heterocycles. The number of hydrogen-bond acceptors (Lipinski definition) is 6. The molecule has 1 fully saturated rings. The van der Waals surface area contributed by atoms with Gasteiger partial charge in [-0.15, -0.1) is 0 Å². The summed E-state index contributed by atoms with van der Waals surface area (Å²) < 4.78 is 7.57. The number of carbonyl (C=O) groups excluding carboxylic acids is 3. The highest BCUT2D eigenvalue weighted by molar-refractivity contribution is 7.23. The van der Waals surface area contributed by atoms with Gasteiger partial charge in [-0.3, -0.25) is 14.0 Å². The van der Waals surface area contributed by atoms with Crippen LogP contribution in [-0.2, 0) is 4.74 Å². The van der Waals surface area contributed by atoms with Crippen molar-refractivity contribution >= 4 is 44.4 Å². The van der Waals surface area contributed by atoms with Gasteiger partial charge in [0, 0.05) is 42.0 Å². The number of alkyl carbamates (subject to hydrolysis) is 1. The molecule has 0 bridgehead atoms. The second-order valence-corrected chi connectivity index (χ2v) is 9.20. The number of amides is 3. The Morgan fingerprint density at radius 1 is 1.00 bits per heavy atom. The first-order valence-electron chi connectivity index (χ1n) is 10.8. The lowest BCUT2D eigenvalue weighted by molar-refractivity contribution is 0.0899. The quantitative estimate of drug-likeness (QED) is 0.409. The van der Waals surface area contributed by atoms with E-state index < -0.39 is 6.09 Å². The predicted octanol–water partition coefficient (Wildman–Crippen LogP) is 3.19. The van der Waals surface area contributed by atoms with Gasteiger partial charge in [-0.05, 0) is 43.2 Å². The second kappa shape index (κ2) is 8.79. The molecule has 0 radical (unpaired) electrons. The maximum atomic E-state index is 12.7. The standard InChI is InChI=1S/C24H23N5O4S/c1-25-21(30)14-5-3-13(4-6-14)18-12-29-19-8-7-15(9-20(19)34-23(29)28-18)22(31)26-16-10-17(11-16)27-24(32)33-2/h3-9,12,16-17H,10-11H2,1-2H3,(H,25,30)(H,26,31)(H,27,32). The van der Waals surface area contributed by atoms with Crippen molar-refractivity contribution < 1.29 is 19.1 Å². The minimum absolute atomic E-state index is 0.0273. The number of methoxy groups -OCH3 is 1. The molecule has 3 amide bonds. The molecule has 3 N–H and O–H groups in total. The highest BCUT2D eigenvalue weighted by Crippen LogP contribution is 2.30. The van der Waals surface area contributed by atoms with E-state index in [1.54, 1.807) is 19.2 Å². The molecule has 10 heteroatoms. The molecular formula is C24H23N5O4S. The van der Waals surface area contributed by atoms with Crippen LogP contribution in [0.25, 0.3) is 26.4 Å². The van der Waals surface area contributed by atoms with Crippen molar-refractivity contribution in [3.8, 4) is 11.3 Å². The zero-order valence-electron chi connectivity index (χ0n) is 18.6. The molecule has 0 atom stereocenters. The van der Waals surface area contributed by atoms with Gasteiger partial charge in [0.2, 0.25) is 0 Å². The van der Waals surface area contributed by atoms with Crippen LogP contribution in [0.15, 0.2) is 48.7 Å². The number of carbonyl (C=O) groups is 3. The number of imidazole rings is 1. The van der Waals surface area contributed by atoms with Crippen molar-refractivity contribution in [1.82, 2.24) is 25.3 Å². The molecule has 0 aliphatic heterocycles. The van der Waals surface area contributed by atoms with Gasteiger partial charge in [0.1, 0.15) is 0 Å². The molecule has 0 unspecified atom stereocenters. The van der Waals surface area contributed by atoms with Crippen LogP contribution in [0, 0.1) is 0 Å². The first-order chi connectivity index (χ1) is 16.4. The second-order valence-electron chi connectivity index (χ2n) is 8.19. The minimum atomic E-state index is -0.452. The summed E-state index contributed by atoms with van der Waals surface area (Å²) in [4.78, 5) is 41.3. The smallest absolute Gasteiger partial charge is 0.407 e. The number of nitrogens with zero attached hydrogens (tertiary/aromatic N) is 2. The van der Waals surface area contributed by atoms with Gasteiger partial charge in [-0.1, -0.05) is 23.5 Å². The third-order valence-corrected chi connectivity index (χ3v) is 7.02. The SMILES string of the molecule is CNC(=O)c1ccc(-c2cn3c(n2)sc2cc(C(=O)NC4CC(NC(=O)OC)C4)ccc23)cc1. The lowest BCUT2D eigenvalue weighted by Gasteiger charge is -2.35. The number of fused-ring (bicyclic) bond motifs is 3. The number of rotatable bonds is 5. The Morgan fingerprint density at radius 3 is 2.41 bits per heavy atom. The molecule has 5 rings (SSSR count). The zero-order valence-corrected chi connectivity index (χ0v) is 19.4. The van der Waals surface area contributed by atoms with E-state index in [0.29, 0.717) is 24.0 Å². The fourth-order valence-electron chi connectivity index (χ4n) is 4.07. The van der Waals surface area contributed by atoms with Gasteiger partial charge in [0.25, 0.3) is 11.8 Å². The summed E-state index contributed by atoms with van der Waals surface area (Å²) in [5.74, 6) is -0.260. The molecule has 1 aliphatic carbocycles. The topological polar surface area (TPSA) is 114 Å². The maximum absolute atomic E-state index is 12.7. The lowest BCUT2D eigenvalue weighted by atomic mass is 9.86. The number of benzene rings is 2. The Kier molecular flexibility index (Phi) is 5.66. The molecule has 34 heavy (non-hydrogen) atoms. The Bertz CT molecular complexity index is 1400. The van der Waals surface area contributed by atoms with Gasteiger partial charge in [0.15, 0.2) is 4.96 Å². The summed E-state index contributed by atoms with van der Waals surface area (Å²) in [7, 11) is 2.94. The molecule has 0 spiro atoms. The first kappa shape index (κ1) is 21.9. The molecular weight excluding hydrogens is 454 g/mol. The number of hydrogen-bond donors (Lipinski definition) is 3. The summed E-state index contributed by atoms with van der Waals surface area (Å²) in [5, 5.41) is 8.36. The number of ether oxygens (including phenoxy) is 1. The number of nitrogens with one attached hydrogen (secondary N) is 3. The number of aromatic nitrogens is 2. The molecule has 0 saturated heterocycles. The average molecular weight is 478 g/mol. The van der Waals surface area contributed by atoms with Crippen molar-refractivity contribution in [2.75, 3.05) is 14.2 Å². The maximum Gasteiger partial charge on any atom is 0.407 e. The molecule has 174 valence electrons. The Labute approximate surface area is 199 Å². The monoisotopic (exact) mass is 477 g/mol. The van der Waals surface area contributed by atoms with Crippen molar-refractivity contribution in [2.45, 2.75) is 24.9 Å². The largest absolute Gasteiger partial charge is 0.453 e. The molecule has 4 aromatic rings. The summed E-state index contributed by atoms with van der Waals surface area (Å²) in [6.07, 6.45) is 2.88. The van der Waals surface area contributed by atoms with Crippen molar-refractivity contribution in [1.29, 1.82) is 0 Å². The van der Waals surface area contributed by atoms with E-state index in [9.17, 15) is 14.4 Å². The fraction of sp³-hybridized carbons (Fsp3) is 0.250. The van der Waals surface area contributed by atoms with Gasteiger partial charge in [-0.25, -0.2) is 9.78 Å². The normalized spacial score (nSPS) is 17.2. The van der Waals surface area contributed by atoms with Gasteiger partial charge in [0.05, 0.1) is 23.0 Å². The van der Waals surface area contributed by atoms with Crippen LogP contribution < -0.4 is 16.0 Å². The lowest BCUT2D eigenvalue weighted by Crippen LogP contribution is -2.53. The Balaban J connectivity index is 1.29. The summed E-state index contributed by atoms with van der Waals surface area (Å²) in [6, 6.07) is 13.0. The fourth-order valence-corrected chi connectivity index (χ4v) is 5.11. The van der Waals surface area contributed by atoms with E-state index in [0.717, 1.165) is 26.4 Å². The molecule has 9 nitrogen and oxygen atoms in total. The van der Waals surface area contributed by atoms with Crippen molar-refractivity contribution in [2.24, 2.45) is 0 Å². The summed E-state index contributed by atoms with van der Waals surface area (Å²) >= 11 is 1.52. The van der Waals surface area contributed by atoms with Crippen LogP contribution >= 0.6 is 11.3 Å². The summed E-state index contributed by atoms with van der Waals surface area (Å²) in [5.41, 5.74) is 3.90. The van der Waals surface area contributed by atoms with Crippen LogP contribution in [0.5, 0.6) is 0 Å². The average Bonchev–Trinajstić information content (AvgIpc) is 3.39. The van der Waals surface area contributed by atoms with Crippen molar-refractivity contribution in [3.63, 3.8) is 0 Å². The molecule has 2 aromatic carbocycles. The highest BCUT2D eigenvalue weighted by Gasteiger charge is 2.31. The van der Waals surface area contributed by atoms with Gasteiger partial charge in [-0.2, -0.15) is 0 Å².